The molecule has 0 atom stereocenters. The van der Waals surface area contributed by atoms with E-state index in [1.54, 1.807) is 49.4 Å². The molecule has 3 aromatic rings. The quantitative estimate of drug-likeness (QED) is 0.488. The maximum Gasteiger partial charge on any atom is 0.264 e. The van der Waals surface area contributed by atoms with Crippen LogP contribution in [0.3, 0.4) is 0 Å². The molecule has 33 heavy (non-hydrogen) atoms. The highest BCUT2D eigenvalue weighted by Crippen LogP contribution is 2.27. The van der Waals surface area contributed by atoms with E-state index in [9.17, 15) is 13.2 Å². The second-order valence-electron chi connectivity index (χ2n) is 7.34. The summed E-state index contributed by atoms with van der Waals surface area (Å²) in [6, 6.07) is 20.6. The smallest absolute Gasteiger partial charge is 0.264 e. The van der Waals surface area contributed by atoms with E-state index in [-0.39, 0.29) is 18.0 Å². The standard InChI is InChI=1S/C25H28N2O5S/c1-4-32-22-12-8-9-20(16-22)17-26-25(28)18-27(21-10-6-5-7-11-21)33(29,30)23-13-14-24(31-3)19(2)15-23/h5-16H,4,17-18H2,1-3H3,(H,26,28). The third kappa shape index (κ3) is 6.04. The summed E-state index contributed by atoms with van der Waals surface area (Å²) in [5, 5.41) is 2.80. The lowest BCUT2D eigenvalue weighted by Crippen LogP contribution is -2.40. The number of amides is 1. The van der Waals surface area contributed by atoms with Gasteiger partial charge in [0.15, 0.2) is 0 Å². The van der Waals surface area contributed by atoms with E-state index < -0.39 is 15.9 Å². The van der Waals surface area contributed by atoms with Gasteiger partial charge < -0.3 is 14.8 Å². The Bertz CT molecular complexity index is 1200. The van der Waals surface area contributed by atoms with E-state index in [2.05, 4.69) is 5.32 Å². The lowest BCUT2D eigenvalue weighted by molar-refractivity contribution is -0.119. The fraction of sp³-hybridized carbons (Fsp3) is 0.240. The third-order valence-corrected chi connectivity index (χ3v) is 6.75. The maximum atomic E-state index is 13.5. The van der Waals surface area contributed by atoms with Crippen molar-refractivity contribution in [3.8, 4) is 11.5 Å². The summed E-state index contributed by atoms with van der Waals surface area (Å²) >= 11 is 0. The molecule has 3 aromatic carbocycles. The van der Waals surface area contributed by atoms with Crippen LogP contribution in [0.1, 0.15) is 18.1 Å². The number of benzene rings is 3. The van der Waals surface area contributed by atoms with Crippen LogP contribution in [0.15, 0.2) is 77.7 Å². The van der Waals surface area contributed by atoms with Gasteiger partial charge in [-0.15, -0.1) is 0 Å². The second kappa shape index (κ2) is 10.9. The molecule has 1 amide bonds. The fourth-order valence-corrected chi connectivity index (χ4v) is 4.85. The Balaban J connectivity index is 1.82. The number of aryl methyl sites for hydroxylation is 1. The van der Waals surface area contributed by atoms with Crippen molar-refractivity contribution in [2.75, 3.05) is 24.6 Å². The average Bonchev–Trinajstić information content (AvgIpc) is 2.82. The van der Waals surface area contributed by atoms with Gasteiger partial charge in [-0.1, -0.05) is 30.3 Å². The molecule has 0 saturated carbocycles. The monoisotopic (exact) mass is 468 g/mol. The van der Waals surface area contributed by atoms with Crippen LogP contribution < -0.4 is 19.1 Å². The molecule has 8 heteroatoms. The molecular weight excluding hydrogens is 440 g/mol. The van der Waals surface area contributed by atoms with Gasteiger partial charge in [0.2, 0.25) is 5.91 Å². The highest BCUT2D eigenvalue weighted by molar-refractivity contribution is 7.92. The number of rotatable bonds is 10. The van der Waals surface area contributed by atoms with Gasteiger partial charge in [0.05, 0.1) is 24.3 Å². The zero-order chi connectivity index (χ0) is 23.8. The topological polar surface area (TPSA) is 84.9 Å². The van der Waals surface area contributed by atoms with E-state index in [4.69, 9.17) is 9.47 Å². The molecule has 0 aliphatic carbocycles. The Morgan fingerprint density at radius 3 is 2.42 bits per heavy atom. The number of carbonyl (C=O) groups is 1. The van der Waals surface area contributed by atoms with Crippen molar-refractivity contribution in [3.05, 3.63) is 83.9 Å². The molecule has 0 bridgehead atoms. The molecule has 0 aliphatic heterocycles. The van der Waals surface area contributed by atoms with Crippen LogP contribution in [0.25, 0.3) is 0 Å². The van der Waals surface area contributed by atoms with Gasteiger partial charge in [-0.05, 0) is 67.4 Å². The minimum absolute atomic E-state index is 0.0851. The number of methoxy groups -OCH3 is 1. The predicted octanol–water partition coefficient (Wildman–Crippen LogP) is 3.91. The van der Waals surface area contributed by atoms with Crippen LogP contribution in [0.4, 0.5) is 5.69 Å². The third-order valence-electron chi connectivity index (χ3n) is 4.98. The Morgan fingerprint density at radius 2 is 1.76 bits per heavy atom. The van der Waals surface area contributed by atoms with Gasteiger partial charge in [-0.25, -0.2) is 8.42 Å². The second-order valence-corrected chi connectivity index (χ2v) is 9.20. The normalized spacial score (nSPS) is 11.0. The number of carbonyl (C=O) groups excluding carboxylic acids is 1. The molecule has 0 aromatic heterocycles. The van der Waals surface area contributed by atoms with Crippen molar-refractivity contribution in [1.82, 2.24) is 5.32 Å². The first-order valence-corrected chi connectivity index (χ1v) is 12.0. The Labute approximate surface area is 195 Å². The van der Waals surface area contributed by atoms with Gasteiger partial charge in [0.1, 0.15) is 18.0 Å². The van der Waals surface area contributed by atoms with Crippen LogP contribution in [-0.4, -0.2) is 34.6 Å². The summed E-state index contributed by atoms with van der Waals surface area (Å²) in [4.78, 5) is 12.9. The SMILES string of the molecule is CCOc1cccc(CNC(=O)CN(c2ccccc2)S(=O)(=O)c2ccc(OC)c(C)c2)c1. The van der Waals surface area contributed by atoms with E-state index in [1.165, 1.54) is 13.2 Å². The summed E-state index contributed by atoms with van der Waals surface area (Å²) in [6.07, 6.45) is 0. The predicted molar refractivity (Wildman–Crippen MR) is 128 cm³/mol. The summed E-state index contributed by atoms with van der Waals surface area (Å²) < 4.78 is 38.8. The molecule has 3 rings (SSSR count). The van der Waals surface area contributed by atoms with Crippen molar-refractivity contribution in [3.63, 3.8) is 0 Å². The first-order chi connectivity index (χ1) is 15.8. The number of ether oxygens (including phenoxy) is 2. The van der Waals surface area contributed by atoms with Crippen LogP contribution in [-0.2, 0) is 21.4 Å². The van der Waals surface area contributed by atoms with E-state index in [0.29, 0.717) is 29.4 Å². The molecule has 174 valence electrons. The molecule has 1 N–H and O–H groups in total. The number of nitrogens with one attached hydrogen (secondary N) is 1. The molecule has 0 saturated heterocycles. The lowest BCUT2D eigenvalue weighted by atomic mass is 10.2. The number of hydrogen-bond donors (Lipinski definition) is 1. The zero-order valence-electron chi connectivity index (χ0n) is 18.9. The van der Waals surface area contributed by atoms with Crippen LogP contribution in [0, 0.1) is 6.92 Å². The molecule has 0 fully saturated rings. The molecule has 7 nitrogen and oxygen atoms in total. The van der Waals surface area contributed by atoms with Gasteiger partial charge in [0, 0.05) is 6.54 Å². The van der Waals surface area contributed by atoms with Crippen molar-refractivity contribution in [1.29, 1.82) is 0 Å². The van der Waals surface area contributed by atoms with Crippen molar-refractivity contribution >= 4 is 21.6 Å². The average molecular weight is 469 g/mol. The van der Waals surface area contributed by atoms with Crippen LogP contribution >= 0.6 is 0 Å². The molecule has 0 aliphatic rings. The molecule has 0 spiro atoms. The fourth-order valence-electron chi connectivity index (χ4n) is 3.35. The van der Waals surface area contributed by atoms with Crippen LogP contribution in [0.5, 0.6) is 11.5 Å². The maximum absolute atomic E-state index is 13.5. The first-order valence-electron chi connectivity index (χ1n) is 10.6. The number of para-hydroxylation sites is 1. The molecule has 0 radical (unpaired) electrons. The van der Waals surface area contributed by atoms with Crippen molar-refractivity contribution in [2.45, 2.75) is 25.3 Å². The van der Waals surface area contributed by atoms with Crippen molar-refractivity contribution in [2.24, 2.45) is 0 Å². The summed E-state index contributed by atoms with van der Waals surface area (Å²) in [7, 11) is -2.47. The minimum atomic E-state index is -4.00. The highest BCUT2D eigenvalue weighted by Gasteiger charge is 2.27. The summed E-state index contributed by atoms with van der Waals surface area (Å²) in [5.74, 6) is 0.884. The van der Waals surface area contributed by atoms with E-state index in [1.807, 2.05) is 31.2 Å². The summed E-state index contributed by atoms with van der Waals surface area (Å²) in [5.41, 5.74) is 1.94. The van der Waals surface area contributed by atoms with Crippen molar-refractivity contribution < 1.29 is 22.7 Å². The number of hydrogen-bond acceptors (Lipinski definition) is 5. The largest absolute Gasteiger partial charge is 0.496 e. The van der Waals surface area contributed by atoms with Gasteiger partial charge >= 0.3 is 0 Å². The minimum Gasteiger partial charge on any atom is -0.496 e. The lowest BCUT2D eigenvalue weighted by Gasteiger charge is -2.24. The van der Waals surface area contributed by atoms with Crippen LogP contribution in [0.2, 0.25) is 0 Å². The number of sulfonamides is 1. The molecule has 0 unspecified atom stereocenters. The Hall–Kier alpha value is -3.52. The van der Waals surface area contributed by atoms with Gasteiger partial charge in [0.25, 0.3) is 10.0 Å². The molecular formula is C25H28N2O5S. The number of nitrogens with zero attached hydrogens (tertiary/aromatic N) is 1. The van der Waals surface area contributed by atoms with E-state index in [0.717, 1.165) is 9.87 Å². The van der Waals surface area contributed by atoms with Gasteiger partial charge in [-0.2, -0.15) is 0 Å². The number of anilines is 1. The first kappa shape index (κ1) is 24.1. The Morgan fingerprint density at radius 1 is 1.00 bits per heavy atom. The Kier molecular flexibility index (Phi) is 7.95. The van der Waals surface area contributed by atoms with Gasteiger partial charge in [-0.3, -0.25) is 9.10 Å². The summed E-state index contributed by atoms with van der Waals surface area (Å²) in [6.45, 7) is 4.11. The highest BCUT2D eigenvalue weighted by atomic mass is 32.2. The molecule has 0 heterocycles. The van der Waals surface area contributed by atoms with E-state index >= 15 is 0 Å². The zero-order valence-corrected chi connectivity index (χ0v) is 19.8.